The molecule has 3 aromatic rings. The molecule has 0 bridgehead atoms. The van der Waals surface area contributed by atoms with E-state index >= 15 is 0 Å². The molecule has 0 atom stereocenters. The van der Waals surface area contributed by atoms with Crippen molar-refractivity contribution in [2.75, 3.05) is 5.75 Å². The second-order valence-corrected chi connectivity index (χ2v) is 6.14. The van der Waals surface area contributed by atoms with Crippen LogP contribution >= 0.6 is 11.8 Å². The summed E-state index contributed by atoms with van der Waals surface area (Å²) in [6, 6.07) is 13.9. The number of rotatable bonds is 6. The van der Waals surface area contributed by atoms with Crippen molar-refractivity contribution < 1.29 is 4.79 Å². The maximum absolute atomic E-state index is 12.3. The molecule has 0 aliphatic heterocycles. The molecule has 4 heteroatoms. The molecule has 1 aromatic carbocycles. The lowest BCUT2D eigenvalue weighted by molar-refractivity contribution is 0.102. The Morgan fingerprint density at radius 3 is 2.77 bits per heavy atom. The molecule has 112 valence electrons. The quantitative estimate of drug-likeness (QED) is 0.504. The van der Waals surface area contributed by atoms with Gasteiger partial charge in [-0.3, -0.25) is 9.20 Å². The summed E-state index contributed by atoms with van der Waals surface area (Å²) >= 11 is 1.48. The summed E-state index contributed by atoms with van der Waals surface area (Å²) in [5.74, 6) is 0.543. The minimum absolute atomic E-state index is 0.140. The summed E-state index contributed by atoms with van der Waals surface area (Å²) in [5, 5.41) is 0.853. The predicted octanol–water partition coefficient (Wildman–Crippen LogP) is 4.26. The molecule has 2 heterocycles. The van der Waals surface area contributed by atoms with Crippen LogP contribution in [-0.2, 0) is 6.42 Å². The number of imidazole rings is 1. The number of hydrogen-bond acceptors (Lipinski definition) is 3. The Hall–Kier alpha value is -2.07. The fraction of sp³-hybridized carbons (Fsp3) is 0.222. The van der Waals surface area contributed by atoms with Crippen molar-refractivity contribution in [1.29, 1.82) is 0 Å². The van der Waals surface area contributed by atoms with Crippen molar-refractivity contribution in [3.63, 3.8) is 0 Å². The van der Waals surface area contributed by atoms with Crippen LogP contribution in [0.3, 0.4) is 0 Å². The molecule has 0 N–H and O–H groups in total. The van der Waals surface area contributed by atoms with E-state index in [0.29, 0.717) is 5.75 Å². The zero-order valence-electron chi connectivity index (χ0n) is 12.5. The van der Waals surface area contributed by atoms with Crippen LogP contribution in [0.4, 0.5) is 0 Å². The van der Waals surface area contributed by atoms with Crippen molar-refractivity contribution in [3.8, 4) is 0 Å². The van der Waals surface area contributed by atoms with Crippen LogP contribution in [-0.4, -0.2) is 20.9 Å². The Morgan fingerprint density at radius 2 is 2.00 bits per heavy atom. The number of nitrogens with zero attached hydrogens (tertiary/aromatic N) is 2. The number of thioether (sulfide) groups is 1. The third kappa shape index (κ3) is 3.22. The van der Waals surface area contributed by atoms with E-state index in [1.165, 1.54) is 17.3 Å². The highest BCUT2D eigenvalue weighted by atomic mass is 32.2. The van der Waals surface area contributed by atoms with Crippen LogP contribution in [0.25, 0.3) is 5.52 Å². The number of ketones is 1. The third-order valence-corrected chi connectivity index (χ3v) is 4.52. The molecule has 0 aliphatic carbocycles. The number of carbonyl (C=O) groups is 1. The lowest BCUT2D eigenvalue weighted by atomic mass is 10.1. The number of benzene rings is 1. The summed E-state index contributed by atoms with van der Waals surface area (Å²) < 4.78 is 2.00. The lowest BCUT2D eigenvalue weighted by Gasteiger charge is -2.03. The van der Waals surface area contributed by atoms with Gasteiger partial charge in [0.25, 0.3) is 0 Å². The van der Waals surface area contributed by atoms with Gasteiger partial charge in [0.1, 0.15) is 0 Å². The van der Waals surface area contributed by atoms with E-state index in [4.69, 9.17) is 0 Å². The summed E-state index contributed by atoms with van der Waals surface area (Å²) in [5.41, 5.74) is 3.10. The van der Waals surface area contributed by atoms with Crippen LogP contribution in [0.5, 0.6) is 0 Å². The number of aromatic nitrogens is 2. The third-order valence-electron chi connectivity index (χ3n) is 3.55. The SMILES string of the molecule is CCCc1ccc(C(=O)CSc2ncc3ccccn23)cc1. The number of fused-ring (bicyclic) bond motifs is 1. The van der Waals surface area contributed by atoms with Crippen LogP contribution < -0.4 is 0 Å². The molecule has 0 radical (unpaired) electrons. The van der Waals surface area contributed by atoms with Crippen LogP contribution in [0.15, 0.2) is 60.0 Å². The van der Waals surface area contributed by atoms with E-state index in [1.54, 1.807) is 0 Å². The first-order valence-electron chi connectivity index (χ1n) is 7.45. The minimum Gasteiger partial charge on any atom is -0.295 e. The fourth-order valence-corrected chi connectivity index (χ4v) is 3.24. The van der Waals surface area contributed by atoms with Gasteiger partial charge in [-0.15, -0.1) is 0 Å². The van der Waals surface area contributed by atoms with Gasteiger partial charge < -0.3 is 0 Å². The van der Waals surface area contributed by atoms with Gasteiger partial charge >= 0.3 is 0 Å². The van der Waals surface area contributed by atoms with Crippen LogP contribution in [0.1, 0.15) is 29.3 Å². The predicted molar refractivity (Wildman–Crippen MR) is 90.7 cm³/mol. The second kappa shape index (κ2) is 6.79. The van der Waals surface area contributed by atoms with E-state index < -0.39 is 0 Å². The van der Waals surface area contributed by atoms with Crippen molar-refractivity contribution in [2.45, 2.75) is 24.9 Å². The normalized spacial score (nSPS) is 11.0. The van der Waals surface area contributed by atoms with Crippen molar-refractivity contribution >= 4 is 23.1 Å². The minimum atomic E-state index is 0.140. The zero-order chi connectivity index (χ0) is 15.4. The molecule has 0 fully saturated rings. The zero-order valence-corrected chi connectivity index (χ0v) is 13.3. The molecule has 0 aliphatic rings. The highest BCUT2D eigenvalue weighted by molar-refractivity contribution is 7.99. The molecule has 0 unspecified atom stereocenters. The highest BCUT2D eigenvalue weighted by Gasteiger charge is 2.09. The number of aryl methyl sites for hydroxylation is 1. The molecule has 2 aromatic heterocycles. The van der Waals surface area contributed by atoms with Gasteiger partial charge in [0, 0.05) is 11.8 Å². The Morgan fingerprint density at radius 1 is 1.18 bits per heavy atom. The Balaban J connectivity index is 1.67. The van der Waals surface area contributed by atoms with Crippen molar-refractivity contribution in [3.05, 3.63) is 66.0 Å². The maximum atomic E-state index is 12.3. The average Bonchev–Trinajstić information content (AvgIpc) is 2.97. The first-order chi connectivity index (χ1) is 10.8. The molecule has 0 saturated heterocycles. The Kier molecular flexibility index (Phi) is 4.59. The Bertz CT molecular complexity index is 777. The summed E-state index contributed by atoms with van der Waals surface area (Å²) in [6.07, 6.45) is 5.97. The molecule has 22 heavy (non-hydrogen) atoms. The monoisotopic (exact) mass is 310 g/mol. The van der Waals surface area contributed by atoms with Gasteiger partial charge in [0.2, 0.25) is 0 Å². The number of carbonyl (C=O) groups excluding carboxylic acids is 1. The second-order valence-electron chi connectivity index (χ2n) is 5.20. The fourth-order valence-electron chi connectivity index (χ4n) is 2.39. The average molecular weight is 310 g/mol. The lowest BCUT2D eigenvalue weighted by Crippen LogP contribution is -2.03. The summed E-state index contributed by atoms with van der Waals surface area (Å²) in [6.45, 7) is 2.16. The molecule has 3 rings (SSSR count). The van der Waals surface area contributed by atoms with E-state index in [1.807, 2.05) is 59.3 Å². The van der Waals surface area contributed by atoms with Crippen molar-refractivity contribution in [1.82, 2.24) is 9.38 Å². The maximum Gasteiger partial charge on any atom is 0.173 e. The van der Waals surface area contributed by atoms with E-state index in [0.717, 1.165) is 29.1 Å². The van der Waals surface area contributed by atoms with Crippen LogP contribution in [0.2, 0.25) is 0 Å². The van der Waals surface area contributed by atoms with Gasteiger partial charge in [0.05, 0.1) is 17.5 Å². The molecular weight excluding hydrogens is 292 g/mol. The smallest absolute Gasteiger partial charge is 0.173 e. The topological polar surface area (TPSA) is 34.4 Å². The van der Waals surface area contributed by atoms with Gasteiger partial charge in [-0.2, -0.15) is 0 Å². The molecule has 0 spiro atoms. The molecular formula is C18H18N2OS. The van der Waals surface area contributed by atoms with Gasteiger partial charge in [-0.05, 0) is 24.1 Å². The number of Topliss-reactive ketones (excluding diaryl/α,β-unsaturated/α-hetero) is 1. The van der Waals surface area contributed by atoms with Gasteiger partial charge in [0.15, 0.2) is 10.9 Å². The van der Waals surface area contributed by atoms with E-state index in [9.17, 15) is 4.79 Å². The standard InChI is InChI=1S/C18H18N2OS/c1-2-5-14-7-9-15(10-8-14)17(21)13-22-18-19-12-16-6-3-4-11-20(16)18/h3-4,6-12H,2,5,13H2,1H3. The summed E-state index contributed by atoms with van der Waals surface area (Å²) in [7, 11) is 0. The molecule has 3 nitrogen and oxygen atoms in total. The van der Waals surface area contributed by atoms with Gasteiger partial charge in [-0.25, -0.2) is 4.98 Å². The molecule has 0 saturated carbocycles. The largest absolute Gasteiger partial charge is 0.295 e. The number of pyridine rings is 1. The van der Waals surface area contributed by atoms with E-state index in [2.05, 4.69) is 11.9 Å². The molecule has 0 amide bonds. The first-order valence-corrected chi connectivity index (χ1v) is 8.43. The Labute approximate surface area is 134 Å². The highest BCUT2D eigenvalue weighted by Crippen LogP contribution is 2.20. The first kappa shape index (κ1) is 14.9. The van der Waals surface area contributed by atoms with E-state index in [-0.39, 0.29) is 5.78 Å². The van der Waals surface area contributed by atoms with Crippen LogP contribution in [0, 0.1) is 0 Å². The summed E-state index contributed by atoms with van der Waals surface area (Å²) in [4.78, 5) is 16.7. The van der Waals surface area contributed by atoms with Crippen molar-refractivity contribution in [2.24, 2.45) is 0 Å². The number of hydrogen-bond donors (Lipinski definition) is 0. The van der Waals surface area contributed by atoms with Gasteiger partial charge in [-0.1, -0.05) is 55.4 Å².